The van der Waals surface area contributed by atoms with Gasteiger partial charge in [0.2, 0.25) is 5.91 Å². The summed E-state index contributed by atoms with van der Waals surface area (Å²) in [7, 11) is 0. The van der Waals surface area contributed by atoms with E-state index in [9.17, 15) is 4.79 Å². The number of benzene rings is 1. The lowest BCUT2D eigenvalue weighted by atomic mass is 9.99. The van der Waals surface area contributed by atoms with Crippen LogP contribution in [0.3, 0.4) is 0 Å². The number of nitrogens with two attached hydrogens (primary N) is 1. The second-order valence-electron chi connectivity index (χ2n) is 5.09. The van der Waals surface area contributed by atoms with Crippen LogP contribution in [0.25, 0.3) is 0 Å². The SMILES string of the molecule is Nc1ccc(CC(=O)N2CCc3ccccc3C2)nc1. The number of carbonyl (C=O) groups excluding carboxylic acids is 1. The van der Waals surface area contributed by atoms with Crippen molar-refractivity contribution in [3.8, 4) is 0 Å². The van der Waals surface area contributed by atoms with E-state index < -0.39 is 0 Å². The Bertz CT molecular complexity index is 622. The highest BCUT2D eigenvalue weighted by Gasteiger charge is 2.20. The molecule has 0 aliphatic carbocycles. The average Bonchev–Trinajstić information content (AvgIpc) is 2.49. The molecule has 4 nitrogen and oxygen atoms in total. The highest BCUT2D eigenvalue weighted by Crippen LogP contribution is 2.19. The maximum atomic E-state index is 12.3. The van der Waals surface area contributed by atoms with Crippen LogP contribution in [0, 0.1) is 0 Å². The lowest BCUT2D eigenvalue weighted by molar-refractivity contribution is -0.131. The van der Waals surface area contributed by atoms with Crippen molar-refractivity contribution in [3.05, 3.63) is 59.4 Å². The number of hydrogen-bond donors (Lipinski definition) is 1. The van der Waals surface area contributed by atoms with Gasteiger partial charge in [-0.1, -0.05) is 24.3 Å². The van der Waals surface area contributed by atoms with Crippen molar-refractivity contribution >= 4 is 11.6 Å². The maximum absolute atomic E-state index is 12.3. The van der Waals surface area contributed by atoms with E-state index in [1.54, 1.807) is 12.3 Å². The summed E-state index contributed by atoms with van der Waals surface area (Å²) in [6, 6.07) is 11.9. The Kier molecular flexibility index (Phi) is 3.37. The van der Waals surface area contributed by atoms with Gasteiger partial charge in [0.1, 0.15) is 0 Å². The van der Waals surface area contributed by atoms with Gasteiger partial charge >= 0.3 is 0 Å². The number of carbonyl (C=O) groups is 1. The highest BCUT2D eigenvalue weighted by atomic mass is 16.2. The van der Waals surface area contributed by atoms with E-state index >= 15 is 0 Å². The second-order valence-corrected chi connectivity index (χ2v) is 5.09. The molecule has 1 aromatic heterocycles. The fraction of sp³-hybridized carbons (Fsp3) is 0.250. The van der Waals surface area contributed by atoms with Gasteiger partial charge in [-0.2, -0.15) is 0 Å². The van der Waals surface area contributed by atoms with Crippen LogP contribution in [0.2, 0.25) is 0 Å². The van der Waals surface area contributed by atoms with Gasteiger partial charge in [0.15, 0.2) is 0 Å². The van der Waals surface area contributed by atoms with Crippen molar-refractivity contribution in [2.24, 2.45) is 0 Å². The molecule has 0 saturated carbocycles. The first-order chi connectivity index (χ1) is 9.72. The van der Waals surface area contributed by atoms with E-state index in [2.05, 4.69) is 23.2 Å². The van der Waals surface area contributed by atoms with E-state index in [1.807, 2.05) is 17.0 Å². The zero-order chi connectivity index (χ0) is 13.9. The number of hydrogen-bond acceptors (Lipinski definition) is 3. The molecule has 0 saturated heterocycles. The molecule has 0 unspecified atom stereocenters. The first kappa shape index (κ1) is 12.7. The van der Waals surface area contributed by atoms with Crippen molar-refractivity contribution in [2.45, 2.75) is 19.4 Å². The van der Waals surface area contributed by atoms with Crippen LogP contribution >= 0.6 is 0 Å². The quantitative estimate of drug-likeness (QED) is 0.902. The van der Waals surface area contributed by atoms with Crippen molar-refractivity contribution in [1.29, 1.82) is 0 Å². The lowest BCUT2D eigenvalue weighted by Gasteiger charge is -2.28. The number of fused-ring (bicyclic) bond motifs is 1. The van der Waals surface area contributed by atoms with Gasteiger partial charge in [-0.05, 0) is 29.7 Å². The van der Waals surface area contributed by atoms with Crippen LogP contribution in [0.5, 0.6) is 0 Å². The van der Waals surface area contributed by atoms with Crippen LogP contribution in [0.15, 0.2) is 42.6 Å². The predicted octanol–water partition coefficient (Wildman–Crippen LogP) is 1.79. The topological polar surface area (TPSA) is 59.2 Å². The van der Waals surface area contributed by atoms with Crippen LogP contribution in [-0.4, -0.2) is 22.3 Å². The van der Waals surface area contributed by atoms with Gasteiger partial charge in [-0.25, -0.2) is 0 Å². The maximum Gasteiger partial charge on any atom is 0.228 e. The number of nitrogen functional groups attached to an aromatic ring is 1. The monoisotopic (exact) mass is 267 g/mol. The molecule has 0 fully saturated rings. The Morgan fingerprint density at radius 2 is 2.00 bits per heavy atom. The largest absolute Gasteiger partial charge is 0.397 e. The number of rotatable bonds is 2. The summed E-state index contributed by atoms with van der Waals surface area (Å²) in [6.07, 6.45) is 2.85. The van der Waals surface area contributed by atoms with Gasteiger partial charge < -0.3 is 10.6 Å². The van der Waals surface area contributed by atoms with Gasteiger partial charge in [0.25, 0.3) is 0 Å². The van der Waals surface area contributed by atoms with E-state index in [-0.39, 0.29) is 5.91 Å². The fourth-order valence-electron chi connectivity index (χ4n) is 2.52. The lowest BCUT2D eigenvalue weighted by Crippen LogP contribution is -2.37. The zero-order valence-corrected chi connectivity index (χ0v) is 11.2. The molecule has 102 valence electrons. The van der Waals surface area contributed by atoms with Crippen molar-refractivity contribution in [3.63, 3.8) is 0 Å². The summed E-state index contributed by atoms with van der Waals surface area (Å²) >= 11 is 0. The molecular formula is C16H17N3O. The van der Waals surface area contributed by atoms with E-state index in [1.165, 1.54) is 11.1 Å². The van der Waals surface area contributed by atoms with E-state index in [4.69, 9.17) is 5.73 Å². The summed E-state index contributed by atoms with van der Waals surface area (Å²) in [6.45, 7) is 1.48. The molecule has 1 aliphatic heterocycles. The minimum Gasteiger partial charge on any atom is -0.397 e. The molecule has 3 rings (SSSR count). The van der Waals surface area contributed by atoms with Crippen LogP contribution in [0.4, 0.5) is 5.69 Å². The minimum atomic E-state index is 0.122. The first-order valence-electron chi connectivity index (χ1n) is 6.77. The third-order valence-corrected chi connectivity index (χ3v) is 3.66. The summed E-state index contributed by atoms with van der Waals surface area (Å²) in [4.78, 5) is 18.4. The summed E-state index contributed by atoms with van der Waals surface area (Å²) in [5, 5.41) is 0. The molecule has 2 aromatic rings. The van der Waals surface area contributed by atoms with Gasteiger partial charge in [0, 0.05) is 18.8 Å². The van der Waals surface area contributed by atoms with Crippen LogP contribution in [0.1, 0.15) is 16.8 Å². The molecule has 4 heteroatoms. The molecule has 1 aliphatic rings. The molecule has 0 atom stereocenters. The van der Waals surface area contributed by atoms with Crippen LogP contribution in [-0.2, 0) is 24.2 Å². The standard InChI is InChI=1S/C16H17N3O/c17-14-5-6-15(18-10-14)9-16(20)19-8-7-12-3-1-2-4-13(12)11-19/h1-6,10H,7-9,11,17H2. The molecule has 20 heavy (non-hydrogen) atoms. The number of pyridine rings is 1. The minimum absolute atomic E-state index is 0.122. The van der Waals surface area contributed by atoms with Crippen LogP contribution < -0.4 is 5.73 Å². The fourth-order valence-corrected chi connectivity index (χ4v) is 2.52. The Hall–Kier alpha value is -2.36. The van der Waals surface area contributed by atoms with Crippen molar-refractivity contribution < 1.29 is 4.79 Å². The Balaban J connectivity index is 1.68. The third kappa shape index (κ3) is 2.64. The predicted molar refractivity (Wildman–Crippen MR) is 77.9 cm³/mol. The number of nitrogens with zero attached hydrogens (tertiary/aromatic N) is 2. The molecule has 2 N–H and O–H groups in total. The third-order valence-electron chi connectivity index (χ3n) is 3.66. The number of amides is 1. The summed E-state index contributed by atoms with van der Waals surface area (Å²) in [5.41, 5.74) is 9.58. The van der Waals surface area contributed by atoms with Gasteiger partial charge in [0.05, 0.1) is 18.3 Å². The molecule has 0 bridgehead atoms. The van der Waals surface area contributed by atoms with E-state index in [0.29, 0.717) is 18.7 Å². The Labute approximate surface area is 118 Å². The van der Waals surface area contributed by atoms with Crippen molar-refractivity contribution in [1.82, 2.24) is 9.88 Å². The summed E-state index contributed by atoms with van der Waals surface area (Å²) < 4.78 is 0. The number of anilines is 1. The average molecular weight is 267 g/mol. The highest BCUT2D eigenvalue weighted by molar-refractivity contribution is 5.78. The Morgan fingerprint density at radius 3 is 2.75 bits per heavy atom. The summed E-state index contributed by atoms with van der Waals surface area (Å²) in [5.74, 6) is 0.122. The molecule has 0 spiro atoms. The van der Waals surface area contributed by atoms with Gasteiger partial charge in [-0.3, -0.25) is 9.78 Å². The normalized spacial score (nSPS) is 13.9. The smallest absolute Gasteiger partial charge is 0.228 e. The first-order valence-corrected chi connectivity index (χ1v) is 6.77. The second kappa shape index (κ2) is 5.33. The zero-order valence-electron chi connectivity index (χ0n) is 11.2. The Morgan fingerprint density at radius 1 is 1.20 bits per heavy atom. The molecule has 1 aromatic carbocycles. The molecular weight excluding hydrogens is 250 g/mol. The van der Waals surface area contributed by atoms with E-state index in [0.717, 1.165) is 18.7 Å². The molecule has 1 amide bonds. The number of aromatic nitrogens is 1. The molecule has 2 heterocycles. The molecule has 0 radical (unpaired) electrons. The van der Waals surface area contributed by atoms with Crippen molar-refractivity contribution in [2.75, 3.05) is 12.3 Å². The van der Waals surface area contributed by atoms with Gasteiger partial charge in [-0.15, -0.1) is 0 Å².